The maximum Gasteiger partial charge on any atom is 0.320 e. The molecule has 35 heavy (non-hydrogen) atoms. The van der Waals surface area contributed by atoms with Crippen molar-refractivity contribution in [2.75, 3.05) is 39.3 Å². The van der Waals surface area contributed by atoms with Crippen molar-refractivity contribution in [3.8, 4) is 0 Å². The average Bonchev–Trinajstić information content (AvgIpc) is 3.58. The quantitative estimate of drug-likeness (QED) is 0.680. The fourth-order valence-electron chi connectivity index (χ4n) is 7.10. The van der Waals surface area contributed by atoms with Crippen LogP contribution in [0.2, 0.25) is 0 Å². The number of benzene rings is 1. The first-order valence-corrected chi connectivity index (χ1v) is 13.8. The van der Waals surface area contributed by atoms with Crippen molar-refractivity contribution < 1.29 is 14.7 Å². The van der Waals surface area contributed by atoms with E-state index in [-0.39, 0.29) is 29.5 Å². The van der Waals surface area contributed by atoms with Gasteiger partial charge in [-0.1, -0.05) is 30.3 Å². The number of aliphatic hydroxyl groups is 1. The highest BCUT2D eigenvalue weighted by molar-refractivity contribution is 5.86. The van der Waals surface area contributed by atoms with Crippen LogP contribution in [0, 0.1) is 11.3 Å². The van der Waals surface area contributed by atoms with Crippen molar-refractivity contribution >= 4 is 11.9 Å². The van der Waals surface area contributed by atoms with Crippen LogP contribution in [0.5, 0.6) is 0 Å². The molecular weight excluding hydrogens is 440 g/mol. The van der Waals surface area contributed by atoms with E-state index < -0.39 is 0 Å². The molecule has 190 valence electrons. The lowest BCUT2D eigenvalue weighted by Gasteiger charge is -2.46. The molecule has 2 N–H and O–H groups in total. The summed E-state index contributed by atoms with van der Waals surface area (Å²) in [6, 6.07) is 11.7. The molecule has 2 unspecified atom stereocenters. The van der Waals surface area contributed by atoms with Gasteiger partial charge in [-0.05, 0) is 56.9 Å². The van der Waals surface area contributed by atoms with Gasteiger partial charge in [0.2, 0.25) is 5.91 Å². The van der Waals surface area contributed by atoms with E-state index in [1.807, 2.05) is 9.80 Å². The molecule has 5 aliphatic rings. The van der Waals surface area contributed by atoms with Gasteiger partial charge in [-0.25, -0.2) is 4.79 Å². The van der Waals surface area contributed by atoms with Crippen molar-refractivity contribution in [2.24, 2.45) is 11.3 Å². The number of rotatable bonds is 5. The summed E-state index contributed by atoms with van der Waals surface area (Å²) < 4.78 is 0. The molecule has 3 amide bonds. The third kappa shape index (κ3) is 4.57. The standard InChI is InChI=1S/C28H40N4O3/c33-23-9-7-22(8-10-23)32-14-12-28(26(32)34)11-4-13-30(19-28)27(35)31-17-20(18-31)16-29-25-15-24(25)21-5-2-1-3-6-21/h1-3,5-6,20,22-25,29,33H,4,7-19H2/t22-,23+,24?,25?,28-/m1/s1. The SMILES string of the molecule is O=C(N1CC(CNC2CC2c2ccccc2)C1)N1CCC[C@@]2(CCN([C@H]3CC[C@@H](O)CC3)C2=O)C1. The molecule has 2 aliphatic carbocycles. The monoisotopic (exact) mass is 480 g/mol. The van der Waals surface area contributed by atoms with E-state index in [4.69, 9.17) is 0 Å². The van der Waals surface area contributed by atoms with Gasteiger partial charge in [0, 0.05) is 63.2 Å². The van der Waals surface area contributed by atoms with Gasteiger partial charge in [0.25, 0.3) is 0 Å². The molecule has 6 rings (SSSR count). The Kier molecular flexibility index (Phi) is 6.25. The summed E-state index contributed by atoms with van der Waals surface area (Å²) in [5, 5.41) is 13.6. The second kappa shape index (κ2) is 9.40. The molecule has 7 heteroatoms. The molecule has 5 fully saturated rings. The first-order chi connectivity index (χ1) is 17.0. The maximum absolute atomic E-state index is 13.5. The summed E-state index contributed by atoms with van der Waals surface area (Å²) in [7, 11) is 0. The number of urea groups is 1. The molecule has 3 heterocycles. The van der Waals surface area contributed by atoms with Crippen molar-refractivity contribution in [1.82, 2.24) is 20.0 Å². The van der Waals surface area contributed by atoms with Crippen molar-refractivity contribution in [3.05, 3.63) is 35.9 Å². The zero-order valence-electron chi connectivity index (χ0n) is 20.8. The lowest BCUT2D eigenvalue weighted by Crippen LogP contribution is -2.60. The molecule has 7 nitrogen and oxygen atoms in total. The minimum atomic E-state index is -0.381. The Hall–Kier alpha value is -2.12. The summed E-state index contributed by atoms with van der Waals surface area (Å²) >= 11 is 0. The van der Waals surface area contributed by atoms with Gasteiger partial charge in [-0.3, -0.25) is 4.79 Å². The van der Waals surface area contributed by atoms with Crippen LogP contribution in [0.15, 0.2) is 30.3 Å². The van der Waals surface area contributed by atoms with Gasteiger partial charge >= 0.3 is 6.03 Å². The molecule has 0 radical (unpaired) electrons. The molecule has 1 aromatic carbocycles. The number of hydrogen-bond acceptors (Lipinski definition) is 4. The zero-order valence-corrected chi connectivity index (χ0v) is 20.8. The Morgan fingerprint density at radius 3 is 2.57 bits per heavy atom. The number of likely N-dealkylation sites (tertiary alicyclic amines) is 3. The van der Waals surface area contributed by atoms with Crippen LogP contribution in [-0.4, -0.2) is 89.2 Å². The van der Waals surface area contributed by atoms with Crippen LogP contribution in [0.25, 0.3) is 0 Å². The largest absolute Gasteiger partial charge is 0.393 e. The number of amides is 3. The molecule has 1 spiro atoms. The second-order valence-corrected chi connectivity index (χ2v) is 11.8. The molecule has 1 aromatic rings. The van der Waals surface area contributed by atoms with E-state index >= 15 is 0 Å². The maximum atomic E-state index is 13.5. The van der Waals surface area contributed by atoms with Crippen molar-refractivity contribution in [3.63, 3.8) is 0 Å². The van der Waals surface area contributed by atoms with E-state index in [2.05, 4.69) is 40.5 Å². The number of aliphatic hydroxyl groups excluding tert-OH is 1. The second-order valence-electron chi connectivity index (χ2n) is 11.8. The van der Waals surface area contributed by atoms with Gasteiger partial charge in [-0.2, -0.15) is 0 Å². The van der Waals surface area contributed by atoms with Crippen LogP contribution in [0.3, 0.4) is 0 Å². The van der Waals surface area contributed by atoms with Crippen LogP contribution in [0.1, 0.15) is 62.8 Å². The van der Waals surface area contributed by atoms with Crippen LogP contribution in [-0.2, 0) is 4.79 Å². The summed E-state index contributed by atoms with van der Waals surface area (Å²) in [6.45, 7) is 4.78. The first kappa shape index (κ1) is 23.3. The Morgan fingerprint density at radius 1 is 1.03 bits per heavy atom. The predicted molar refractivity (Wildman–Crippen MR) is 134 cm³/mol. The topological polar surface area (TPSA) is 76.1 Å². The first-order valence-electron chi connectivity index (χ1n) is 13.8. The van der Waals surface area contributed by atoms with Crippen LogP contribution < -0.4 is 5.32 Å². The smallest absolute Gasteiger partial charge is 0.320 e. The highest BCUT2D eigenvalue weighted by atomic mass is 16.3. The van der Waals surface area contributed by atoms with Crippen LogP contribution >= 0.6 is 0 Å². The van der Waals surface area contributed by atoms with E-state index in [1.54, 1.807) is 0 Å². The normalized spacial score (nSPS) is 35.5. The van der Waals surface area contributed by atoms with Gasteiger partial charge < -0.3 is 25.1 Å². The van der Waals surface area contributed by atoms with E-state index in [0.717, 1.165) is 77.7 Å². The number of nitrogens with zero attached hydrogens (tertiary/aromatic N) is 3. The summed E-state index contributed by atoms with van der Waals surface area (Å²) in [4.78, 5) is 32.8. The van der Waals surface area contributed by atoms with Gasteiger partial charge in [0.15, 0.2) is 0 Å². The third-order valence-corrected chi connectivity index (χ3v) is 9.41. The number of nitrogens with one attached hydrogen (secondary N) is 1. The number of piperidine rings is 1. The number of carbonyl (C=O) groups excluding carboxylic acids is 2. The number of hydrogen-bond donors (Lipinski definition) is 2. The van der Waals surface area contributed by atoms with Gasteiger partial charge in [0.05, 0.1) is 11.5 Å². The lowest BCUT2D eigenvalue weighted by molar-refractivity contribution is -0.141. The fraction of sp³-hybridized carbons (Fsp3) is 0.714. The molecule has 0 aromatic heterocycles. The molecule has 0 bridgehead atoms. The van der Waals surface area contributed by atoms with Gasteiger partial charge in [0.1, 0.15) is 0 Å². The zero-order chi connectivity index (χ0) is 24.0. The van der Waals surface area contributed by atoms with E-state index in [9.17, 15) is 14.7 Å². The molecule has 3 aliphatic heterocycles. The Labute approximate surface area is 208 Å². The van der Waals surface area contributed by atoms with Gasteiger partial charge in [-0.15, -0.1) is 0 Å². The molecule has 3 saturated heterocycles. The molecule has 2 saturated carbocycles. The molecule has 3 atom stereocenters. The predicted octanol–water partition coefficient (Wildman–Crippen LogP) is 2.80. The summed E-state index contributed by atoms with van der Waals surface area (Å²) in [5.41, 5.74) is 1.05. The lowest BCUT2D eigenvalue weighted by atomic mass is 9.78. The minimum Gasteiger partial charge on any atom is -0.393 e. The Bertz CT molecular complexity index is 927. The highest BCUT2D eigenvalue weighted by Crippen LogP contribution is 2.43. The molecular formula is C28H40N4O3. The van der Waals surface area contributed by atoms with Crippen LogP contribution in [0.4, 0.5) is 4.79 Å². The van der Waals surface area contributed by atoms with Crippen molar-refractivity contribution in [2.45, 2.75) is 75.5 Å². The Morgan fingerprint density at radius 2 is 1.80 bits per heavy atom. The Balaban J connectivity index is 0.966. The summed E-state index contributed by atoms with van der Waals surface area (Å²) in [6.07, 6.45) is 7.09. The van der Waals surface area contributed by atoms with E-state index in [1.165, 1.54) is 12.0 Å². The summed E-state index contributed by atoms with van der Waals surface area (Å²) in [5.74, 6) is 1.43. The fourth-order valence-corrected chi connectivity index (χ4v) is 7.10. The third-order valence-electron chi connectivity index (χ3n) is 9.41. The average molecular weight is 481 g/mol. The minimum absolute atomic E-state index is 0.126. The highest BCUT2D eigenvalue weighted by Gasteiger charge is 2.52. The van der Waals surface area contributed by atoms with Crippen molar-refractivity contribution in [1.29, 1.82) is 0 Å². The number of carbonyl (C=O) groups is 2. The van der Waals surface area contributed by atoms with E-state index in [0.29, 0.717) is 24.4 Å².